The molecular weight excluding hydrogens is 265 g/mol. The molecule has 0 N–H and O–H groups in total. The van der Waals surface area contributed by atoms with Crippen molar-refractivity contribution >= 4 is 10.0 Å². The van der Waals surface area contributed by atoms with Gasteiger partial charge in [-0.25, -0.2) is 12.8 Å². The molecule has 1 aromatic carbocycles. The molecule has 2 fully saturated rings. The van der Waals surface area contributed by atoms with Gasteiger partial charge in [0.15, 0.2) is 0 Å². The van der Waals surface area contributed by atoms with Crippen molar-refractivity contribution in [1.82, 2.24) is 4.31 Å². The molecule has 0 unspecified atom stereocenters. The Morgan fingerprint density at radius 1 is 1.32 bits per heavy atom. The SMILES string of the molecule is CN(C12CCC(CC1)C2)S(=O)(=O)c1cccc(F)c1. The molecule has 19 heavy (non-hydrogen) atoms. The lowest BCUT2D eigenvalue weighted by atomic mass is 9.94. The molecule has 0 amide bonds. The smallest absolute Gasteiger partial charge is 0.207 e. The summed E-state index contributed by atoms with van der Waals surface area (Å²) in [6.45, 7) is 0. The van der Waals surface area contributed by atoms with Crippen LogP contribution in [0, 0.1) is 11.7 Å². The summed E-state index contributed by atoms with van der Waals surface area (Å²) < 4.78 is 40.0. The number of nitrogens with zero attached hydrogens (tertiary/aromatic N) is 1. The minimum atomic E-state index is -3.60. The van der Waals surface area contributed by atoms with Crippen LogP contribution in [-0.2, 0) is 10.0 Å². The Morgan fingerprint density at radius 2 is 2.00 bits per heavy atom. The van der Waals surface area contributed by atoms with Gasteiger partial charge >= 0.3 is 0 Å². The van der Waals surface area contributed by atoms with Gasteiger partial charge in [-0.05, 0) is 56.2 Å². The molecule has 3 nitrogen and oxygen atoms in total. The molecule has 104 valence electrons. The van der Waals surface area contributed by atoms with E-state index in [2.05, 4.69) is 0 Å². The Hall–Kier alpha value is -0.940. The maximum absolute atomic E-state index is 13.2. The zero-order valence-corrected chi connectivity index (χ0v) is 11.8. The number of sulfonamides is 1. The lowest BCUT2D eigenvalue weighted by Crippen LogP contribution is -2.46. The zero-order valence-electron chi connectivity index (χ0n) is 11.0. The van der Waals surface area contributed by atoms with Crippen LogP contribution < -0.4 is 0 Å². The summed E-state index contributed by atoms with van der Waals surface area (Å²) in [6.07, 6.45) is 5.05. The lowest BCUT2D eigenvalue weighted by molar-refractivity contribution is 0.223. The Balaban J connectivity index is 1.96. The molecule has 0 radical (unpaired) electrons. The maximum atomic E-state index is 13.2. The normalized spacial score (nSPS) is 30.2. The minimum Gasteiger partial charge on any atom is -0.207 e. The summed E-state index contributed by atoms with van der Waals surface area (Å²) in [5.74, 6) is 0.160. The molecule has 5 heteroatoms. The van der Waals surface area contributed by atoms with E-state index in [-0.39, 0.29) is 10.4 Å². The van der Waals surface area contributed by atoms with Crippen LogP contribution in [-0.4, -0.2) is 25.3 Å². The van der Waals surface area contributed by atoms with Gasteiger partial charge < -0.3 is 0 Å². The highest BCUT2D eigenvalue weighted by molar-refractivity contribution is 7.89. The van der Waals surface area contributed by atoms with Crippen LogP contribution in [0.4, 0.5) is 4.39 Å². The number of fused-ring (bicyclic) bond motifs is 2. The Morgan fingerprint density at radius 3 is 2.53 bits per heavy atom. The predicted molar refractivity (Wildman–Crippen MR) is 70.7 cm³/mol. The van der Waals surface area contributed by atoms with Gasteiger partial charge in [0.25, 0.3) is 0 Å². The van der Waals surface area contributed by atoms with Crippen molar-refractivity contribution in [2.45, 2.75) is 42.5 Å². The van der Waals surface area contributed by atoms with E-state index in [1.165, 1.54) is 22.5 Å². The number of hydrogen-bond acceptors (Lipinski definition) is 2. The van der Waals surface area contributed by atoms with E-state index in [1.54, 1.807) is 7.05 Å². The van der Waals surface area contributed by atoms with Crippen molar-refractivity contribution in [2.24, 2.45) is 5.92 Å². The van der Waals surface area contributed by atoms with E-state index >= 15 is 0 Å². The van der Waals surface area contributed by atoms with Gasteiger partial charge in [0.1, 0.15) is 5.82 Å². The first-order chi connectivity index (χ1) is 8.94. The molecule has 0 aromatic heterocycles. The highest BCUT2D eigenvalue weighted by atomic mass is 32.2. The highest BCUT2D eigenvalue weighted by Gasteiger charge is 2.51. The molecule has 0 aliphatic heterocycles. The zero-order chi connectivity index (χ0) is 13.7. The molecule has 2 aliphatic carbocycles. The number of benzene rings is 1. The second-order valence-corrected chi connectivity index (χ2v) is 7.77. The molecule has 1 aromatic rings. The fraction of sp³-hybridized carbons (Fsp3) is 0.571. The van der Waals surface area contributed by atoms with E-state index < -0.39 is 15.8 Å². The number of rotatable bonds is 3. The first-order valence-corrected chi connectivity index (χ1v) is 8.13. The highest BCUT2D eigenvalue weighted by Crippen LogP contribution is 2.51. The van der Waals surface area contributed by atoms with Crippen molar-refractivity contribution in [3.8, 4) is 0 Å². The van der Waals surface area contributed by atoms with Gasteiger partial charge in [0, 0.05) is 12.6 Å². The predicted octanol–water partition coefficient (Wildman–Crippen LogP) is 2.78. The van der Waals surface area contributed by atoms with E-state index in [9.17, 15) is 12.8 Å². The maximum Gasteiger partial charge on any atom is 0.243 e. The first-order valence-electron chi connectivity index (χ1n) is 6.69. The second-order valence-electron chi connectivity index (χ2n) is 5.80. The summed E-state index contributed by atoms with van der Waals surface area (Å²) in [5.41, 5.74) is -0.226. The van der Waals surface area contributed by atoms with Crippen molar-refractivity contribution in [1.29, 1.82) is 0 Å². The van der Waals surface area contributed by atoms with E-state index in [0.29, 0.717) is 5.92 Å². The van der Waals surface area contributed by atoms with Crippen LogP contribution in [0.3, 0.4) is 0 Å². The van der Waals surface area contributed by atoms with Gasteiger partial charge in [-0.1, -0.05) is 6.07 Å². The van der Waals surface area contributed by atoms with Crippen molar-refractivity contribution in [2.75, 3.05) is 7.05 Å². The van der Waals surface area contributed by atoms with Gasteiger partial charge in [0.05, 0.1) is 4.90 Å². The summed E-state index contributed by atoms with van der Waals surface area (Å²) in [7, 11) is -1.95. The minimum absolute atomic E-state index is 0.0553. The van der Waals surface area contributed by atoms with Crippen LogP contribution in [0.2, 0.25) is 0 Å². The van der Waals surface area contributed by atoms with Gasteiger partial charge in [0.2, 0.25) is 10.0 Å². The van der Waals surface area contributed by atoms with E-state index in [4.69, 9.17) is 0 Å². The average molecular weight is 283 g/mol. The molecule has 0 atom stereocenters. The van der Waals surface area contributed by atoms with Crippen LogP contribution >= 0.6 is 0 Å². The summed E-state index contributed by atoms with van der Waals surface area (Å²) in [4.78, 5) is 0.0553. The monoisotopic (exact) mass is 283 g/mol. The molecule has 2 aliphatic rings. The quantitative estimate of drug-likeness (QED) is 0.855. The third-order valence-electron chi connectivity index (χ3n) is 4.83. The number of hydrogen-bond donors (Lipinski definition) is 0. The fourth-order valence-corrected chi connectivity index (χ4v) is 5.24. The Bertz CT molecular complexity index is 591. The molecule has 3 rings (SSSR count). The standard InChI is InChI=1S/C14H18FNO2S/c1-16(14-7-5-11(10-14)6-8-14)19(17,18)13-4-2-3-12(15)9-13/h2-4,9,11H,5-8,10H2,1H3. The van der Waals surface area contributed by atoms with Gasteiger partial charge in [-0.3, -0.25) is 0 Å². The summed E-state index contributed by atoms with van der Waals surface area (Å²) in [6, 6.07) is 5.27. The van der Waals surface area contributed by atoms with Gasteiger partial charge in [-0.15, -0.1) is 0 Å². The third kappa shape index (κ3) is 1.99. The number of halogens is 1. The third-order valence-corrected chi connectivity index (χ3v) is 6.79. The molecule has 2 bridgehead atoms. The molecule has 0 heterocycles. The Labute approximate surface area is 113 Å². The van der Waals surface area contributed by atoms with Crippen molar-refractivity contribution in [3.05, 3.63) is 30.1 Å². The van der Waals surface area contributed by atoms with Crippen LogP contribution in [0.5, 0.6) is 0 Å². The van der Waals surface area contributed by atoms with Crippen LogP contribution in [0.15, 0.2) is 29.2 Å². The van der Waals surface area contributed by atoms with Crippen LogP contribution in [0.25, 0.3) is 0 Å². The van der Waals surface area contributed by atoms with Gasteiger partial charge in [-0.2, -0.15) is 4.31 Å². The van der Waals surface area contributed by atoms with E-state index in [0.717, 1.165) is 38.2 Å². The summed E-state index contributed by atoms with van der Waals surface area (Å²) in [5, 5.41) is 0. The largest absolute Gasteiger partial charge is 0.243 e. The molecule has 0 saturated heterocycles. The average Bonchev–Trinajstić information content (AvgIpc) is 2.99. The molecule has 2 saturated carbocycles. The molecular formula is C14H18FNO2S. The van der Waals surface area contributed by atoms with Crippen molar-refractivity contribution in [3.63, 3.8) is 0 Å². The first kappa shape index (κ1) is 13.1. The summed E-state index contributed by atoms with van der Waals surface area (Å²) >= 11 is 0. The topological polar surface area (TPSA) is 37.4 Å². The van der Waals surface area contributed by atoms with Crippen molar-refractivity contribution < 1.29 is 12.8 Å². The fourth-order valence-electron chi connectivity index (χ4n) is 3.64. The van der Waals surface area contributed by atoms with Crippen LogP contribution in [0.1, 0.15) is 32.1 Å². The Kier molecular flexibility index (Phi) is 2.94. The molecule has 0 spiro atoms. The van der Waals surface area contributed by atoms with E-state index in [1.807, 2.05) is 0 Å². The second kappa shape index (κ2) is 4.28. The lowest BCUT2D eigenvalue weighted by Gasteiger charge is -2.36.